The summed E-state index contributed by atoms with van der Waals surface area (Å²) >= 11 is 0. The normalized spacial score (nSPS) is 16.6. The standard InChI is InChI=1S/C16H31N3O2/c1-4-6-7-10-19(3)16(17-5-2)18-11-15(20)13-21-12-14-8-9-14/h4,14-15,20H,1,5-13H2,2-3H3,(H,17,18). The van der Waals surface area contributed by atoms with Gasteiger partial charge in [-0.1, -0.05) is 6.08 Å². The molecular formula is C16H31N3O2. The van der Waals surface area contributed by atoms with Crippen LogP contribution in [0.15, 0.2) is 17.6 Å². The van der Waals surface area contributed by atoms with Gasteiger partial charge in [-0.2, -0.15) is 0 Å². The summed E-state index contributed by atoms with van der Waals surface area (Å²) in [6.45, 7) is 9.05. The highest BCUT2D eigenvalue weighted by Crippen LogP contribution is 2.28. The smallest absolute Gasteiger partial charge is 0.193 e. The van der Waals surface area contributed by atoms with E-state index in [1.54, 1.807) is 0 Å². The number of hydrogen-bond donors (Lipinski definition) is 2. The van der Waals surface area contributed by atoms with E-state index in [0.717, 1.165) is 44.4 Å². The Morgan fingerprint density at radius 2 is 2.33 bits per heavy atom. The molecule has 1 aliphatic rings. The Morgan fingerprint density at radius 3 is 2.95 bits per heavy atom. The van der Waals surface area contributed by atoms with Crippen LogP contribution in [0.2, 0.25) is 0 Å². The van der Waals surface area contributed by atoms with Crippen molar-refractivity contribution in [3.63, 3.8) is 0 Å². The molecule has 0 aromatic heterocycles. The van der Waals surface area contributed by atoms with Gasteiger partial charge in [-0.25, -0.2) is 0 Å². The Morgan fingerprint density at radius 1 is 1.57 bits per heavy atom. The quantitative estimate of drug-likeness (QED) is 0.263. The Bertz CT molecular complexity index is 317. The highest BCUT2D eigenvalue weighted by molar-refractivity contribution is 5.79. The fourth-order valence-corrected chi connectivity index (χ4v) is 1.95. The average Bonchev–Trinajstić information content (AvgIpc) is 3.27. The third-order valence-electron chi connectivity index (χ3n) is 3.41. The summed E-state index contributed by atoms with van der Waals surface area (Å²) in [5.41, 5.74) is 0. The number of rotatable bonds is 11. The van der Waals surface area contributed by atoms with Crippen LogP contribution in [0.25, 0.3) is 0 Å². The maximum Gasteiger partial charge on any atom is 0.193 e. The van der Waals surface area contributed by atoms with Gasteiger partial charge in [0.15, 0.2) is 5.96 Å². The molecule has 1 saturated carbocycles. The molecule has 122 valence electrons. The second-order valence-corrected chi connectivity index (χ2v) is 5.68. The van der Waals surface area contributed by atoms with Crippen LogP contribution in [-0.2, 0) is 4.74 Å². The number of guanidine groups is 1. The first-order chi connectivity index (χ1) is 10.2. The minimum Gasteiger partial charge on any atom is -0.389 e. The molecule has 1 unspecified atom stereocenters. The van der Waals surface area contributed by atoms with Crippen LogP contribution < -0.4 is 5.32 Å². The SMILES string of the molecule is C=CCCCN(C)C(=NCC(O)COCC1CC1)NCC. The first kappa shape index (κ1) is 18.0. The second kappa shape index (κ2) is 10.6. The summed E-state index contributed by atoms with van der Waals surface area (Å²) in [6, 6.07) is 0. The number of hydrogen-bond acceptors (Lipinski definition) is 3. The molecule has 0 amide bonds. The third kappa shape index (κ3) is 8.73. The molecule has 1 atom stereocenters. The minimum atomic E-state index is -0.529. The summed E-state index contributed by atoms with van der Waals surface area (Å²) in [5, 5.41) is 13.2. The molecule has 0 aromatic carbocycles. The summed E-state index contributed by atoms with van der Waals surface area (Å²) in [4.78, 5) is 6.57. The number of nitrogens with zero attached hydrogens (tertiary/aromatic N) is 2. The van der Waals surface area contributed by atoms with Crippen molar-refractivity contribution < 1.29 is 9.84 Å². The van der Waals surface area contributed by atoms with Crippen molar-refractivity contribution >= 4 is 5.96 Å². The van der Waals surface area contributed by atoms with E-state index in [1.807, 2.05) is 20.0 Å². The lowest BCUT2D eigenvalue weighted by atomic mass is 10.3. The Labute approximate surface area is 129 Å². The van der Waals surface area contributed by atoms with Gasteiger partial charge in [0.05, 0.1) is 19.3 Å². The van der Waals surface area contributed by atoms with Crippen molar-refractivity contribution in [1.29, 1.82) is 0 Å². The number of nitrogens with one attached hydrogen (secondary N) is 1. The van der Waals surface area contributed by atoms with E-state index in [4.69, 9.17) is 4.74 Å². The number of unbranched alkanes of at least 4 members (excludes halogenated alkanes) is 1. The van der Waals surface area contributed by atoms with Gasteiger partial charge >= 0.3 is 0 Å². The molecule has 1 aliphatic carbocycles. The molecule has 5 nitrogen and oxygen atoms in total. The lowest BCUT2D eigenvalue weighted by molar-refractivity contribution is 0.0367. The van der Waals surface area contributed by atoms with E-state index in [1.165, 1.54) is 12.8 Å². The van der Waals surface area contributed by atoms with Crippen molar-refractivity contribution in [1.82, 2.24) is 10.2 Å². The van der Waals surface area contributed by atoms with Gasteiger partial charge in [-0.05, 0) is 38.5 Å². The minimum absolute atomic E-state index is 0.374. The first-order valence-electron chi connectivity index (χ1n) is 8.03. The van der Waals surface area contributed by atoms with Crippen molar-refractivity contribution in [2.45, 2.75) is 38.7 Å². The third-order valence-corrected chi connectivity index (χ3v) is 3.41. The maximum atomic E-state index is 9.90. The largest absolute Gasteiger partial charge is 0.389 e. The van der Waals surface area contributed by atoms with Crippen LogP contribution in [0.5, 0.6) is 0 Å². The molecule has 0 spiro atoms. The van der Waals surface area contributed by atoms with Gasteiger partial charge in [0, 0.05) is 26.7 Å². The van der Waals surface area contributed by atoms with Gasteiger partial charge in [0.2, 0.25) is 0 Å². The summed E-state index contributed by atoms with van der Waals surface area (Å²) in [6.07, 6.45) is 6.00. The topological polar surface area (TPSA) is 57.1 Å². The molecule has 1 fully saturated rings. The van der Waals surface area contributed by atoms with E-state index in [0.29, 0.717) is 13.2 Å². The molecule has 0 radical (unpaired) electrons. The lowest BCUT2D eigenvalue weighted by Gasteiger charge is -2.22. The fourth-order valence-electron chi connectivity index (χ4n) is 1.95. The highest BCUT2D eigenvalue weighted by Gasteiger charge is 2.21. The first-order valence-corrected chi connectivity index (χ1v) is 8.03. The van der Waals surface area contributed by atoms with Crippen molar-refractivity contribution in [3.8, 4) is 0 Å². The number of aliphatic imine (C=N–C) groups is 1. The van der Waals surface area contributed by atoms with E-state index in [2.05, 4.69) is 21.8 Å². The maximum absolute atomic E-state index is 9.90. The van der Waals surface area contributed by atoms with Crippen LogP contribution in [0.3, 0.4) is 0 Å². The average molecular weight is 297 g/mol. The van der Waals surface area contributed by atoms with Gasteiger partial charge in [0.25, 0.3) is 0 Å². The number of aliphatic hydroxyl groups excluding tert-OH is 1. The Kier molecular flexibility index (Phi) is 9.10. The molecule has 0 bridgehead atoms. The molecule has 1 rings (SSSR count). The van der Waals surface area contributed by atoms with Crippen molar-refractivity contribution in [2.24, 2.45) is 10.9 Å². The predicted octanol–water partition coefficient (Wildman–Crippen LogP) is 1.64. The van der Waals surface area contributed by atoms with E-state index >= 15 is 0 Å². The fraction of sp³-hybridized carbons (Fsp3) is 0.812. The zero-order valence-electron chi connectivity index (χ0n) is 13.6. The Balaban J connectivity index is 2.28. The molecule has 0 heterocycles. The van der Waals surface area contributed by atoms with Gasteiger partial charge in [-0.15, -0.1) is 6.58 Å². The van der Waals surface area contributed by atoms with E-state index in [-0.39, 0.29) is 0 Å². The zero-order valence-corrected chi connectivity index (χ0v) is 13.6. The molecule has 0 aliphatic heterocycles. The second-order valence-electron chi connectivity index (χ2n) is 5.68. The molecule has 21 heavy (non-hydrogen) atoms. The van der Waals surface area contributed by atoms with Crippen LogP contribution in [0, 0.1) is 5.92 Å². The summed E-state index contributed by atoms with van der Waals surface area (Å²) in [7, 11) is 2.01. The van der Waals surface area contributed by atoms with Gasteiger partial charge in [0.1, 0.15) is 0 Å². The molecule has 0 saturated heterocycles. The van der Waals surface area contributed by atoms with Gasteiger partial charge < -0.3 is 20.1 Å². The molecule has 2 N–H and O–H groups in total. The number of ether oxygens (including phenoxy) is 1. The van der Waals surface area contributed by atoms with E-state index in [9.17, 15) is 5.11 Å². The molecule has 5 heteroatoms. The monoisotopic (exact) mass is 297 g/mol. The highest BCUT2D eigenvalue weighted by atomic mass is 16.5. The number of aliphatic hydroxyl groups is 1. The van der Waals surface area contributed by atoms with Crippen molar-refractivity contribution in [3.05, 3.63) is 12.7 Å². The van der Waals surface area contributed by atoms with Gasteiger partial charge in [-0.3, -0.25) is 4.99 Å². The van der Waals surface area contributed by atoms with Crippen molar-refractivity contribution in [2.75, 3.05) is 39.9 Å². The van der Waals surface area contributed by atoms with Crippen LogP contribution >= 0.6 is 0 Å². The van der Waals surface area contributed by atoms with Crippen LogP contribution in [-0.4, -0.2) is 62.0 Å². The zero-order chi connectivity index (χ0) is 15.5. The Hall–Kier alpha value is -1.07. The van der Waals surface area contributed by atoms with Crippen LogP contribution in [0.1, 0.15) is 32.6 Å². The van der Waals surface area contributed by atoms with E-state index < -0.39 is 6.10 Å². The summed E-state index contributed by atoms with van der Waals surface area (Å²) in [5.74, 6) is 1.57. The van der Waals surface area contributed by atoms with Crippen LogP contribution in [0.4, 0.5) is 0 Å². The molecule has 0 aromatic rings. The number of allylic oxidation sites excluding steroid dienone is 1. The lowest BCUT2D eigenvalue weighted by Crippen LogP contribution is -2.40. The molecular weight excluding hydrogens is 266 g/mol. The predicted molar refractivity (Wildman–Crippen MR) is 87.6 cm³/mol. The summed E-state index contributed by atoms with van der Waals surface area (Å²) < 4.78 is 5.49.